The maximum absolute atomic E-state index is 2.37. The summed E-state index contributed by atoms with van der Waals surface area (Å²) in [5.74, 6) is 0. The lowest BCUT2D eigenvalue weighted by molar-refractivity contribution is 0.772. The maximum Gasteiger partial charge on any atom is 0.0677 e. The third-order valence-electron chi connectivity index (χ3n) is 3.09. The minimum absolute atomic E-state index is 0.441. The third-order valence-corrected chi connectivity index (χ3v) is 4.40. The molecule has 0 bridgehead atoms. The summed E-state index contributed by atoms with van der Waals surface area (Å²) < 4.78 is 0. The molecule has 0 spiro atoms. The molecule has 1 aliphatic carbocycles. The number of benzene rings is 1. The van der Waals surface area contributed by atoms with E-state index in [9.17, 15) is 0 Å². The van der Waals surface area contributed by atoms with Gasteiger partial charge in [-0.05, 0) is 19.1 Å². The maximum atomic E-state index is 2.37. The van der Waals surface area contributed by atoms with Crippen molar-refractivity contribution in [2.45, 2.75) is 23.1 Å². The number of fused-ring (bicyclic) bond motifs is 2. The summed E-state index contributed by atoms with van der Waals surface area (Å²) >= 11 is 1.96. The largest absolute Gasteiger partial charge is 0.339 e. The van der Waals surface area contributed by atoms with Gasteiger partial charge in [-0.2, -0.15) is 0 Å². The van der Waals surface area contributed by atoms with Gasteiger partial charge in [0, 0.05) is 11.1 Å². The molecule has 0 fully saturated rings. The van der Waals surface area contributed by atoms with Crippen molar-refractivity contribution in [3.63, 3.8) is 0 Å². The number of rotatable bonds is 1. The van der Waals surface area contributed by atoms with Crippen LogP contribution in [0.25, 0.3) is 0 Å². The first-order chi connectivity index (χ1) is 8.40. The highest BCUT2D eigenvalue weighted by Crippen LogP contribution is 2.43. The highest BCUT2D eigenvalue weighted by atomic mass is 32.2. The number of nitrogens with zero attached hydrogens (tertiary/aromatic N) is 1. The highest BCUT2D eigenvalue weighted by molar-refractivity contribution is 8.00. The van der Waals surface area contributed by atoms with Gasteiger partial charge in [-0.25, -0.2) is 0 Å². The van der Waals surface area contributed by atoms with E-state index in [1.165, 1.54) is 10.6 Å². The molecule has 3 rings (SSSR count). The molecular weight excluding hydrogens is 226 g/mol. The first kappa shape index (κ1) is 10.7. The van der Waals surface area contributed by atoms with Gasteiger partial charge in [0.05, 0.1) is 17.0 Å². The first-order valence-corrected chi connectivity index (χ1v) is 6.80. The minimum atomic E-state index is 0.441. The molecule has 0 saturated heterocycles. The lowest BCUT2D eigenvalue weighted by atomic mass is 10.1. The van der Waals surface area contributed by atoms with Crippen LogP contribution < -0.4 is 4.90 Å². The fraction of sp³-hybridized carbons (Fsp3) is 0.200. The SMILES string of the molecule is C/C=C\N1c2ccccc2SC2C=CC=CC21. The van der Waals surface area contributed by atoms with Crippen LogP contribution in [0.15, 0.2) is 65.7 Å². The van der Waals surface area contributed by atoms with Crippen molar-refractivity contribution in [2.24, 2.45) is 0 Å². The smallest absolute Gasteiger partial charge is 0.0677 e. The van der Waals surface area contributed by atoms with E-state index in [0.29, 0.717) is 11.3 Å². The van der Waals surface area contributed by atoms with E-state index < -0.39 is 0 Å². The molecule has 0 N–H and O–H groups in total. The average Bonchev–Trinajstić information content (AvgIpc) is 2.39. The summed E-state index contributed by atoms with van der Waals surface area (Å²) in [4.78, 5) is 3.74. The van der Waals surface area contributed by atoms with Gasteiger partial charge in [0.1, 0.15) is 0 Å². The van der Waals surface area contributed by atoms with Crippen LogP contribution in [-0.4, -0.2) is 11.3 Å². The molecule has 2 unspecified atom stereocenters. The lowest BCUT2D eigenvalue weighted by Gasteiger charge is -2.39. The molecule has 1 aromatic carbocycles. The number of para-hydroxylation sites is 1. The van der Waals surface area contributed by atoms with Gasteiger partial charge >= 0.3 is 0 Å². The van der Waals surface area contributed by atoms with Crippen molar-refractivity contribution in [2.75, 3.05) is 4.90 Å². The van der Waals surface area contributed by atoms with Crippen molar-refractivity contribution in [3.05, 3.63) is 60.8 Å². The van der Waals surface area contributed by atoms with Gasteiger partial charge < -0.3 is 4.90 Å². The Balaban J connectivity index is 2.09. The van der Waals surface area contributed by atoms with Crippen LogP contribution in [0.1, 0.15) is 6.92 Å². The monoisotopic (exact) mass is 241 g/mol. The van der Waals surface area contributed by atoms with E-state index in [1.807, 2.05) is 11.8 Å². The van der Waals surface area contributed by atoms with E-state index in [-0.39, 0.29) is 0 Å². The summed E-state index contributed by atoms with van der Waals surface area (Å²) in [5, 5.41) is 0.520. The molecule has 86 valence electrons. The molecule has 1 nitrogen and oxygen atoms in total. The number of anilines is 1. The topological polar surface area (TPSA) is 3.24 Å². The Hall–Kier alpha value is -1.41. The Bertz CT molecular complexity index is 501. The molecule has 2 atom stereocenters. The molecule has 0 radical (unpaired) electrons. The van der Waals surface area contributed by atoms with Crippen molar-refractivity contribution in [3.8, 4) is 0 Å². The van der Waals surface area contributed by atoms with Crippen LogP contribution >= 0.6 is 11.8 Å². The molecule has 2 aliphatic rings. The van der Waals surface area contributed by atoms with E-state index >= 15 is 0 Å². The Kier molecular flexibility index (Phi) is 2.81. The van der Waals surface area contributed by atoms with Gasteiger partial charge in [-0.3, -0.25) is 0 Å². The molecule has 1 aromatic rings. The van der Waals surface area contributed by atoms with Gasteiger partial charge in [-0.1, -0.05) is 42.5 Å². The van der Waals surface area contributed by atoms with E-state index in [0.717, 1.165) is 0 Å². The van der Waals surface area contributed by atoms with Gasteiger partial charge in [0.15, 0.2) is 0 Å². The third kappa shape index (κ3) is 1.83. The van der Waals surface area contributed by atoms with Crippen molar-refractivity contribution in [1.82, 2.24) is 0 Å². The normalized spacial score (nSPS) is 26.1. The second-order valence-corrected chi connectivity index (χ2v) is 5.42. The molecule has 1 aliphatic heterocycles. The molecule has 0 aromatic heterocycles. The van der Waals surface area contributed by atoms with Crippen molar-refractivity contribution in [1.29, 1.82) is 0 Å². The van der Waals surface area contributed by atoms with E-state index in [4.69, 9.17) is 0 Å². The molecule has 1 heterocycles. The molecule has 0 amide bonds. The zero-order chi connectivity index (χ0) is 11.7. The number of hydrogen-bond donors (Lipinski definition) is 0. The predicted molar refractivity (Wildman–Crippen MR) is 75.4 cm³/mol. The standard InChI is InChI=1S/C15H15NS/c1-2-11-16-12-7-3-5-9-14(12)17-15-10-6-4-8-13(15)16/h2-12,14H,1H3/b11-2-. The summed E-state index contributed by atoms with van der Waals surface area (Å²) in [7, 11) is 0. The van der Waals surface area contributed by atoms with Crippen molar-refractivity contribution < 1.29 is 0 Å². The van der Waals surface area contributed by atoms with Gasteiger partial charge in [0.25, 0.3) is 0 Å². The predicted octanol–water partition coefficient (Wildman–Crippen LogP) is 4.00. The summed E-state index contributed by atoms with van der Waals surface area (Å²) in [6, 6.07) is 9.07. The van der Waals surface area contributed by atoms with Crippen LogP contribution in [0.3, 0.4) is 0 Å². The van der Waals surface area contributed by atoms with Crippen LogP contribution in [0.5, 0.6) is 0 Å². The molecule has 17 heavy (non-hydrogen) atoms. The second kappa shape index (κ2) is 4.46. The van der Waals surface area contributed by atoms with Gasteiger partial charge in [-0.15, -0.1) is 11.8 Å². The van der Waals surface area contributed by atoms with E-state index in [2.05, 4.69) is 72.7 Å². The average molecular weight is 241 g/mol. The number of hydrogen-bond acceptors (Lipinski definition) is 2. The summed E-state index contributed by atoms with van der Waals surface area (Å²) in [6.07, 6.45) is 13.2. The minimum Gasteiger partial charge on any atom is -0.339 e. The Morgan fingerprint density at radius 3 is 2.88 bits per heavy atom. The van der Waals surface area contributed by atoms with E-state index in [1.54, 1.807) is 0 Å². The Morgan fingerprint density at radius 1 is 1.18 bits per heavy atom. The first-order valence-electron chi connectivity index (χ1n) is 5.92. The highest BCUT2D eigenvalue weighted by Gasteiger charge is 2.31. The van der Waals surface area contributed by atoms with Crippen LogP contribution in [0.4, 0.5) is 5.69 Å². The second-order valence-electron chi connectivity index (χ2n) is 4.20. The molecule has 0 saturated carbocycles. The summed E-state index contributed by atoms with van der Waals surface area (Å²) in [6.45, 7) is 2.07. The fourth-order valence-electron chi connectivity index (χ4n) is 2.35. The quantitative estimate of drug-likeness (QED) is 0.731. The Morgan fingerprint density at radius 2 is 2.00 bits per heavy atom. The fourth-order valence-corrected chi connectivity index (χ4v) is 3.63. The van der Waals surface area contributed by atoms with Crippen LogP contribution in [0, 0.1) is 0 Å². The van der Waals surface area contributed by atoms with Crippen LogP contribution in [0.2, 0.25) is 0 Å². The zero-order valence-corrected chi connectivity index (χ0v) is 10.6. The summed E-state index contributed by atoms with van der Waals surface area (Å²) in [5.41, 5.74) is 1.32. The van der Waals surface area contributed by atoms with Crippen LogP contribution in [-0.2, 0) is 0 Å². The molecular formula is C15H15NS. The number of thioether (sulfide) groups is 1. The molecule has 2 heteroatoms. The number of allylic oxidation sites excluding steroid dienone is 3. The lowest BCUT2D eigenvalue weighted by Crippen LogP contribution is -2.40. The Labute approximate surface area is 107 Å². The van der Waals surface area contributed by atoms with Crippen molar-refractivity contribution >= 4 is 17.4 Å². The zero-order valence-electron chi connectivity index (χ0n) is 9.78. The van der Waals surface area contributed by atoms with Gasteiger partial charge in [0.2, 0.25) is 0 Å².